The van der Waals surface area contributed by atoms with Crippen molar-refractivity contribution in [2.75, 3.05) is 33.0 Å². The Labute approximate surface area is 153 Å². The number of fused-ring (bicyclic) bond motifs is 1. The lowest BCUT2D eigenvalue weighted by Crippen LogP contribution is -2.23. The Bertz CT molecular complexity index is 898. The number of hydrogen-bond donors (Lipinski definition) is 1. The Morgan fingerprint density at radius 2 is 1.85 bits per heavy atom. The normalized spacial score (nSPS) is 11.2. The van der Waals surface area contributed by atoms with Crippen molar-refractivity contribution in [3.8, 4) is 11.6 Å². The highest BCUT2D eigenvalue weighted by Crippen LogP contribution is 2.32. The molecule has 0 aliphatic heterocycles. The molecule has 0 radical (unpaired) electrons. The molecule has 0 amide bonds. The summed E-state index contributed by atoms with van der Waals surface area (Å²) in [5.74, 6) is 1.98. The molecule has 1 aromatic heterocycles. The summed E-state index contributed by atoms with van der Waals surface area (Å²) in [5.41, 5.74) is 7.66. The minimum atomic E-state index is 0.530. The predicted molar refractivity (Wildman–Crippen MR) is 103 cm³/mol. The molecule has 6 heteroatoms. The third kappa shape index (κ3) is 4.28. The van der Waals surface area contributed by atoms with Gasteiger partial charge in [0, 0.05) is 41.9 Å². The predicted octanol–water partition coefficient (Wildman–Crippen LogP) is 3.39. The van der Waals surface area contributed by atoms with Crippen LogP contribution in [0.4, 0.5) is 5.69 Å². The number of likely N-dealkylation sites (N-methyl/N-ethyl adjacent to an activating group) is 1. The number of methoxy groups -OCH3 is 1. The summed E-state index contributed by atoms with van der Waals surface area (Å²) < 4.78 is 11.2. The zero-order valence-corrected chi connectivity index (χ0v) is 15.4. The van der Waals surface area contributed by atoms with Crippen molar-refractivity contribution in [3.05, 3.63) is 54.0 Å². The first-order valence-corrected chi connectivity index (χ1v) is 8.54. The van der Waals surface area contributed by atoms with E-state index < -0.39 is 0 Å². The summed E-state index contributed by atoms with van der Waals surface area (Å²) in [6, 6.07) is 13.5. The summed E-state index contributed by atoms with van der Waals surface area (Å²) in [5, 5.41) is 1.93. The van der Waals surface area contributed by atoms with Crippen LogP contribution in [0.25, 0.3) is 10.8 Å². The van der Waals surface area contributed by atoms with Crippen LogP contribution in [0.1, 0.15) is 11.5 Å². The van der Waals surface area contributed by atoms with Crippen molar-refractivity contribution in [1.29, 1.82) is 0 Å². The molecule has 0 atom stereocenters. The summed E-state index contributed by atoms with van der Waals surface area (Å²) >= 11 is 0. The number of aromatic nitrogens is 2. The van der Waals surface area contributed by atoms with E-state index in [0.717, 1.165) is 40.3 Å². The molecule has 3 rings (SSSR count). The molecule has 136 valence electrons. The molecule has 26 heavy (non-hydrogen) atoms. The molecule has 0 aliphatic rings. The number of benzene rings is 2. The van der Waals surface area contributed by atoms with Gasteiger partial charge < -0.3 is 15.2 Å². The third-order valence-electron chi connectivity index (χ3n) is 4.10. The van der Waals surface area contributed by atoms with Crippen LogP contribution in [0.3, 0.4) is 0 Å². The number of nitrogens with two attached hydrogens (primary N) is 1. The average molecular weight is 352 g/mol. The van der Waals surface area contributed by atoms with Crippen molar-refractivity contribution < 1.29 is 9.47 Å². The van der Waals surface area contributed by atoms with Gasteiger partial charge in [0.05, 0.1) is 13.2 Å². The van der Waals surface area contributed by atoms with E-state index in [1.807, 2.05) is 56.4 Å². The molecule has 2 aromatic carbocycles. The van der Waals surface area contributed by atoms with Gasteiger partial charge in [0.2, 0.25) is 5.88 Å². The van der Waals surface area contributed by atoms with Gasteiger partial charge >= 0.3 is 0 Å². The van der Waals surface area contributed by atoms with E-state index in [9.17, 15) is 0 Å². The molecule has 0 bridgehead atoms. The zero-order chi connectivity index (χ0) is 18.5. The van der Waals surface area contributed by atoms with Crippen LogP contribution in [0.5, 0.6) is 11.6 Å². The van der Waals surface area contributed by atoms with E-state index in [1.165, 1.54) is 0 Å². The van der Waals surface area contributed by atoms with Crippen LogP contribution in [-0.2, 0) is 11.3 Å². The number of nitrogen functional groups attached to an aromatic ring is 1. The van der Waals surface area contributed by atoms with Crippen molar-refractivity contribution in [1.82, 2.24) is 14.9 Å². The fourth-order valence-corrected chi connectivity index (χ4v) is 2.79. The van der Waals surface area contributed by atoms with Crippen LogP contribution in [-0.4, -0.2) is 42.2 Å². The summed E-state index contributed by atoms with van der Waals surface area (Å²) in [6.07, 6.45) is 0. The summed E-state index contributed by atoms with van der Waals surface area (Å²) in [7, 11) is 3.71. The number of aryl methyl sites for hydroxylation is 1. The minimum Gasteiger partial charge on any atom is -0.438 e. The molecule has 0 fully saturated rings. The highest BCUT2D eigenvalue weighted by Gasteiger charge is 2.10. The number of rotatable bonds is 7. The highest BCUT2D eigenvalue weighted by atomic mass is 16.5. The summed E-state index contributed by atoms with van der Waals surface area (Å²) in [4.78, 5) is 11.2. The Kier molecular flexibility index (Phi) is 5.65. The van der Waals surface area contributed by atoms with Crippen LogP contribution < -0.4 is 10.5 Å². The van der Waals surface area contributed by atoms with Crippen LogP contribution in [0.2, 0.25) is 0 Å². The van der Waals surface area contributed by atoms with E-state index in [2.05, 4.69) is 14.9 Å². The second-order valence-electron chi connectivity index (χ2n) is 6.29. The maximum Gasteiger partial charge on any atom is 0.222 e. The fraction of sp³-hybridized carbons (Fsp3) is 0.300. The van der Waals surface area contributed by atoms with Crippen LogP contribution in [0.15, 0.2) is 42.5 Å². The lowest BCUT2D eigenvalue weighted by Gasteiger charge is -2.16. The molecule has 0 unspecified atom stereocenters. The molecule has 3 aromatic rings. The topological polar surface area (TPSA) is 73.5 Å². The first-order valence-electron chi connectivity index (χ1n) is 8.54. The lowest BCUT2D eigenvalue weighted by atomic mass is 10.1. The van der Waals surface area contributed by atoms with Gasteiger partial charge in [-0.3, -0.25) is 4.90 Å². The highest BCUT2D eigenvalue weighted by molar-refractivity contribution is 5.97. The Hall–Kier alpha value is -2.70. The molecule has 1 heterocycles. The number of hydrogen-bond acceptors (Lipinski definition) is 6. The van der Waals surface area contributed by atoms with Crippen molar-refractivity contribution in [2.45, 2.75) is 13.5 Å². The van der Waals surface area contributed by atoms with Crippen LogP contribution >= 0.6 is 0 Å². The largest absolute Gasteiger partial charge is 0.438 e. The van der Waals surface area contributed by atoms with Gasteiger partial charge in [-0.2, -0.15) is 4.98 Å². The van der Waals surface area contributed by atoms with Crippen molar-refractivity contribution >= 4 is 16.5 Å². The zero-order valence-electron chi connectivity index (χ0n) is 15.4. The Morgan fingerprint density at radius 3 is 2.62 bits per heavy atom. The summed E-state index contributed by atoms with van der Waals surface area (Å²) in [6.45, 7) is 4.05. The van der Waals surface area contributed by atoms with Gasteiger partial charge in [-0.05, 0) is 26.1 Å². The molecular weight excluding hydrogens is 328 g/mol. The second-order valence-corrected chi connectivity index (χ2v) is 6.29. The van der Waals surface area contributed by atoms with Gasteiger partial charge in [0.15, 0.2) is 0 Å². The SMILES string of the molecule is COCCN(C)Cc1nc(C)cc(Oc2ccc(N)c3ccccc23)n1. The lowest BCUT2D eigenvalue weighted by molar-refractivity contribution is 0.157. The monoisotopic (exact) mass is 352 g/mol. The van der Waals surface area contributed by atoms with E-state index in [4.69, 9.17) is 15.2 Å². The van der Waals surface area contributed by atoms with Gasteiger partial charge in [0.1, 0.15) is 11.6 Å². The minimum absolute atomic E-state index is 0.530. The maximum atomic E-state index is 6.08. The molecule has 6 nitrogen and oxygen atoms in total. The maximum absolute atomic E-state index is 6.08. The van der Waals surface area contributed by atoms with Crippen LogP contribution in [0, 0.1) is 6.92 Å². The smallest absolute Gasteiger partial charge is 0.222 e. The molecular formula is C20H24N4O2. The first kappa shape index (κ1) is 18.1. The molecule has 2 N–H and O–H groups in total. The number of nitrogens with zero attached hydrogens (tertiary/aromatic N) is 3. The Morgan fingerprint density at radius 1 is 1.08 bits per heavy atom. The van der Waals surface area contributed by atoms with E-state index in [1.54, 1.807) is 7.11 Å². The third-order valence-corrected chi connectivity index (χ3v) is 4.10. The van der Waals surface area contributed by atoms with E-state index in [-0.39, 0.29) is 0 Å². The quantitative estimate of drug-likeness (QED) is 0.657. The Balaban J connectivity index is 1.85. The fourth-order valence-electron chi connectivity index (χ4n) is 2.79. The van der Waals surface area contributed by atoms with Gasteiger partial charge in [0.25, 0.3) is 0 Å². The van der Waals surface area contributed by atoms with Crippen molar-refractivity contribution in [3.63, 3.8) is 0 Å². The average Bonchev–Trinajstić information content (AvgIpc) is 2.62. The first-order chi connectivity index (χ1) is 12.6. The standard InChI is InChI=1S/C20H24N4O2/c1-14-12-20(23-19(22-14)13-24(2)10-11-25-3)26-18-9-8-17(21)15-6-4-5-7-16(15)18/h4-9,12H,10-11,13,21H2,1-3H3. The molecule has 0 aliphatic carbocycles. The van der Waals surface area contributed by atoms with Crippen molar-refractivity contribution in [2.24, 2.45) is 0 Å². The molecule has 0 spiro atoms. The molecule has 0 saturated heterocycles. The molecule has 0 saturated carbocycles. The van der Waals surface area contributed by atoms with Gasteiger partial charge in [-0.25, -0.2) is 4.98 Å². The van der Waals surface area contributed by atoms with E-state index in [0.29, 0.717) is 19.0 Å². The van der Waals surface area contributed by atoms with Gasteiger partial charge in [-0.1, -0.05) is 24.3 Å². The number of anilines is 1. The second kappa shape index (κ2) is 8.12. The van der Waals surface area contributed by atoms with E-state index >= 15 is 0 Å². The van der Waals surface area contributed by atoms with Gasteiger partial charge in [-0.15, -0.1) is 0 Å². The number of ether oxygens (including phenoxy) is 2.